The van der Waals surface area contributed by atoms with E-state index in [1.54, 1.807) is 52.4 Å². The molecular weight excluding hydrogens is 346 g/mol. The Balaban J connectivity index is 2.01. The minimum atomic E-state index is -0.417. The Hall–Kier alpha value is -3.43. The van der Waals surface area contributed by atoms with Gasteiger partial charge in [-0.3, -0.25) is 9.36 Å². The molecular formula is C20H13N3O2S. The summed E-state index contributed by atoms with van der Waals surface area (Å²) >= 11 is 1.31. The lowest BCUT2D eigenvalue weighted by Gasteiger charge is -2.13. The van der Waals surface area contributed by atoms with Crippen molar-refractivity contribution < 1.29 is 0 Å². The van der Waals surface area contributed by atoms with Crippen molar-refractivity contribution in [2.75, 3.05) is 0 Å². The third-order valence-corrected chi connectivity index (χ3v) is 5.13. The molecule has 2 aromatic carbocycles. The second-order valence-corrected chi connectivity index (χ2v) is 6.66. The van der Waals surface area contributed by atoms with Crippen molar-refractivity contribution in [1.29, 1.82) is 5.26 Å². The van der Waals surface area contributed by atoms with Gasteiger partial charge in [0.1, 0.15) is 4.70 Å². The van der Waals surface area contributed by atoms with Crippen molar-refractivity contribution in [3.05, 3.63) is 98.0 Å². The van der Waals surface area contributed by atoms with E-state index in [2.05, 4.69) is 6.07 Å². The van der Waals surface area contributed by atoms with Gasteiger partial charge in [-0.15, -0.1) is 11.3 Å². The quantitative estimate of drug-likeness (QED) is 0.564. The van der Waals surface area contributed by atoms with Crippen LogP contribution in [0, 0.1) is 11.3 Å². The minimum absolute atomic E-state index is 0.225. The lowest BCUT2D eigenvalue weighted by molar-refractivity contribution is 0.715. The van der Waals surface area contributed by atoms with Crippen LogP contribution < -0.4 is 11.2 Å². The standard InChI is InChI=1S/C20H13N3O2S/c21-12-14-6-4-5-7-15(14)13-22-17-10-11-26-18(17)19(24)23(20(22)25)16-8-2-1-3-9-16/h1-11H,13H2. The van der Waals surface area contributed by atoms with Gasteiger partial charge in [-0.1, -0.05) is 36.4 Å². The van der Waals surface area contributed by atoms with Crippen LogP contribution in [0.3, 0.4) is 0 Å². The van der Waals surface area contributed by atoms with Gasteiger partial charge in [0, 0.05) is 0 Å². The zero-order chi connectivity index (χ0) is 18.1. The molecule has 0 atom stereocenters. The Labute approximate surface area is 152 Å². The van der Waals surface area contributed by atoms with Crippen molar-refractivity contribution in [3.63, 3.8) is 0 Å². The molecule has 0 fully saturated rings. The molecule has 0 aliphatic rings. The molecule has 0 saturated carbocycles. The molecule has 0 aliphatic carbocycles. The van der Waals surface area contributed by atoms with Crippen molar-refractivity contribution in [3.8, 4) is 11.8 Å². The monoisotopic (exact) mass is 359 g/mol. The normalized spacial score (nSPS) is 10.7. The predicted octanol–water partition coefficient (Wildman–Crippen LogP) is 3.13. The van der Waals surface area contributed by atoms with Gasteiger partial charge in [0.25, 0.3) is 5.56 Å². The highest BCUT2D eigenvalue weighted by Crippen LogP contribution is 2.18. The van der Waals surface area contributed by atoms with Crippen LogP contribution in [0.25, 0.3) is 15.9 Å². The van der Waals surface area contributed by atoms with Gasteiger partial charge >= 0.3 is 5.69 Å². The molecule has 0 aliphatic heterocycles. The van der Waals surface area contributed by atoms with Gasteiger partial charge in [-0.05, 0) is 35.2 Å². The van der Waals surface area contributed by atoms with E-state index in [0.717, 1.165) is 5.56 Å². The maximum atomic E-state index is 13.2. The van der Waals surface area contributed by atoms with Crippen LogP contribution in [0.2, 0.25) is 0 Å². The van der Waals surface area contributed by atoms with Crippen LogP contribution in [-0.4, -0.2) is 9.13 Å². The second kappa shape index (κ2) is 6.47. The molecule has 0 saturated heterocycles. The molecule has 4 aromatic rings. The second-order valence-electron chi connectivity index (χ2n) is 5.75. The first kappa shape index (κ1) is 16.1. The maximum absolute atomic E-state index is 13.2. The summed E-state index contributed by atoms with van der Waals surface area (Å²) in [5.74, 6) is 0. The Morgan fingerprint density at radius 2 is 1.69 bits per heavy atom. The van der Waals surface area contributed by atoms with E-state index in [0.29, 0.717) is 21.5 Å². The Morgan fingerprint density at radius 3 is 2.46 bits per heavy atom. The molecule has 0 radical (unpaired) electrons. The van der Waals surface area contributed by atoms with E-state index in [1.165, 1.54) is 15.9 Å². The topological polar surface area (TPSA) is 67.8 Å². The summed E-state index contributed by atoms with van der Waals surface area (Å²) in [6.07, 6.45) is 0. The first-order valence-corrected chi connectivity index (χ1v) is 8.85. The number of nitrogens with zero attached hydrogens (tertiary/aromatic N) is 3. The van der Waals surface area contributed by atoms with Gasteiger partial charge < -0.3 is 0 Å². The van der Waals surface area contributed by atoms with E-state index in [9.17, 15) is 14.9 Å². The minimum Gasteiger partial charge on any atom is -0.288 e. The van der Waals surface area contributed by atoms with Crippen molar-refractivity contribution in [2.24, 2.45) is 0 Å². The van der Waals surface area contributed by atoms with Crippen molar-refractivity contribution >= 4 is 21.6 Å². The summed E-state index contributed by atoms with van der Waals surface area (Å²) in [6.45, 7) is 0.225. The number of benzene rings is 2. The fraction of sp³-hybridized carbons (Fsp3) is 0.0500. The van der Waals surface area contributed by atoms with Crippen LogP contribution in [0.4, 0.5) is 0 Å². The summed E-state index contributed by atoms with van der Waals surface area (Å²) in [7, 11) is 0. The number of hydrogen-bond donors (Lipinski definition) is 0. The van der Waals surface area contributed by atoms with Gasteiger partial charge in [-0.25, -0.2) is 9.36 Å². The number of fused-ring (bicyclic) bond motifs is 1. The van der Waals surface area contributed by atoms with E-state index >= 15 is 0 Å². The zero-order valence-electron chi connectivity index (χ0n) is 13.6. The fourth-order valence-electron chi connectivity index (χ4n) is 2.98. The number of hydrogen-bond acceptors (Lipinski definition) is 4. The molecule has 126 valence electrons. The summed E-state index contributed by atoms with van der Waals surface area (Å²) in [4.78, 5) is 26.0. The highest BCUT2D eigenvalue weighted by molar-refractivity contribution is 7.17. The van der Waals surface area contributed by atoms with Crippen LogP contribution >= 0.6 is 11.3 Å². The number of para-hydroxylation sites is 1. The molecule has 2 heterocycles. The summed E-state index contributed by atoms with van der Waals surface area (Å²) in [6, 6.07) is 20.0. The predicted molar refractivity (Wildman–Crippen MR) is 102 cm³/mol. The Morgan fingerprint density at radius 1 is 0.962 bits per heavy atom. The number of rotatable bonds is 3. The summed E-state index contributed by atoms with van der Waals surface area (Å²) in [5, 5.41) is 11.1. The first-order chi connectivity index (χ1) is 12.7. The van der Waals surface area contributed by atoms with Crippen LogP contribution in [0.15, 0.2) is 75.6 Å². The van der Waals surface area contributed by atoms with Gasteiger partial charge in [0.2, 0.25) is 0 Å². The van der Waals surface area contributed by atoms with Gasteiger partial charge in [0.05, 0.1) is 29.4 Å². The largest absolute Gasteiger partial charge is 0.336 e. The molecule has 0 amide bonds. The maximum Gasteiger partial charge on any atom is 0.336 e. The lowest BCUT2D eigenvalue weighted by atomic mass is 10.1. The van der Waals surface area contributed by atoms with Crippen LogP contribution in [-0.2, 0) is 6.54 Å². The van der Waals surface area contributed by atoms with Crippen LogP contribution in [0.1, 0.15) is 11.1 Å². The Bertz CT molecular complexity index is 1260. The molecule has 4 rings (SSSR count). The molecule has 0 spiro atoms. The van der Waals surface area contributed by atoms with E-state index in [4.69, 9.17) is 0 Å². The fourth-order valence-corrected chi connectivity index (χ4v) is 3.81. The van der Waals surface area contributed by atoms with E-state index in [1.807, 2.05) is 18.2 Å². The Kier molecular flexibility index (Phi) is 3.99. The molecule has 6 heteroatoms. The molecule has 0 unspecified atom stereocenters. The zero-order valence-corrected chi connectivity index (χ0v) is 14.4. The average Bonchev–Trinajstić information content (AvgIpc) is 3.16. The summed E-state index contributed by atoms with van der Waals surface area (Å²) < 4.78 is 3.26. The molecule has 0 N–H and O–H groups in total. The molecule has 5 nitrogen and oxygen atoms in total. The van der Waals surface area contributed by atoms with E-state index in [-0.39, 0.29) is 12.1 Å². The first-order valence-electron chi connectivity index (χ1n) is 7.97. The lowest BCUT2D eigenvalue weighted by Crippen LogP contribution is -2.38. The van der Waals surface area contributed by atoms with Crippen LogP contribution in [0.5, 0.6) is 0 Å². The highest BCUT2D eigenvalue weighted by Gasteiger charge is 2.16. The number of nitriles is 1. The van der Waals surface area contributed by atoms with Gasteiger partial charge in [0.15, 0.2) is 0 Å². The van der Waals surface area contributed by atoms with E-state index < -0.39 is 5.69 Å². The van der Waals surface area contributed by atoms with Crippen molar-refractivity contribution in [2.45, 2.75) is 6.54 Å². The molecule has 26 heavy (non-hydrogen) atoms. The third-order valence-electron chi connectivity index (χ3n) is 4.24. The smallest absolute Gasteiger partial charge is 0.288 e. The SMILES string of the molecule is N#Cc1ccccc1Cn1c(=O)n(-c2ccccc2)c(=O)c2sccc21. The molecule has 2 aromatic heterocycles. The van der Waals surface area contributed by atoms with Gasteiger partial charge in [-0.2, -0.15) is 5.26 Å². The highest BCUT2D eigenvalue weighted by atomic mass is 32.1. The third kappa shape index (κ3) is 2.55. The number of aromatic nitrogens is 2. The number of thiophene rings is 1. The molecule has 0 bridgehead atoms. The average molecular weight is 359 g/mol. The van der Waals surface area contributed by atoms with Crippen molar-refractivity contribution in [1.82, 2.24) is 9.13 Å². The summed E-state index contributed by atoms with van der Waals surface area (Å²) in [5.41, 5.74) is 1.63.